The number of aromatic nitrogens is 2. The first-order chi connectivity index (χ1) is 14.6. The zero-order valence-electron chi connectivity index (χ0n) is 18.2. The lowest BCUT2D eigenvalue weighted by Gasteiger charge is -2.34. The molecule has 1 aliphatic heterocycles. The Morgan fingerprint density at radius 3 is 2.77 bits per heavy atom. The van der Waals surface area contributed by atoms with Gasteiger partial charge < -0.3 is 15.0 Å². The third-order valence-electron chi connectivity index (χ3n) is 5.38. The third-order valence-corrected chi connectivity index (χ3v) is 6.30. The Bertz CT molecular complexity index is 828. The van der Waals surface area contributed by atoms with Crippen molar-refractivity contribution in [1.29, 1.82) is 0 Å². The molecule has 1 amide bonds. The molecule has 7 heteroatoms. The van der Waals surface area contributed by atoms with Gasteiger partial charge in [0.25, 0.3) is 5.91 Å². The van der Waals surface area contributed by atoms with Gasteiger partial charge in [0.15, 0.2) is 5.16 Å². The van der Waals surface area contributed by atoms with Crippen molar-refractivity contribution in [2.24, 2.45) is 0 Å². The van der Waals surface area contributed by atoms with E-state index in [0.29, 0.717) is 24.8 Å². The average molecular weight is 429 g/mol. The van der Waals surface area contributed by atoms with Gasteiger partial charge in [-0.15, -0.1) is 0 Å². The fourth-order valence-electron chi connectivity index (χ4n) is 3.56. The molecule has 0 aliphatic carbocycles. The number of carbonyl (C=O) groups excluding carboxylic acids is 1. The van der Waals surface area contributed by atoms with E-state index in [2.05, 4.69) is 30.1 Å². The molecule has 0 spiro atoms. The molecule has 1 N–H and O–H groups in total. The van der Waals surface area contributed by atoms with Gasteiger partial charge in [-0.05, 0) is 50.3 Å². The number of anilines is 1. The highest BCUT2D eigenvalue weighted by atomic mass is 32.2. The first-order valence-corrected chi connectivity index (χ1v) is 11.7. The van der Waals surface area contributed by atoms with E-state index in [1.807, 2.05) is 24.3 Å². The SMILES string of the molecule is CCc1cc(N2CCCCC2C)nc(SCc2ccc(C(=O)NCCOC)cc2)n1. The smallest absolute Gasteiger partial charge is 0.251 e. The quantitative estimate of drug-likeness (QED) is 0.369. The summed E-state index contributed by atoms with van der Waals surface area (Å²) in [7, 11) is 1.62. The molecule has 2 heterocycles. The second-order valence-electron chi connectivity index (χ2n) is 7.63. The predicted octanol–water partition coefficient (Wildman–Crippen LogP) is 4.09. The second-order valence-corrected chi connectivity index (χ2v) is 8.57. The van der Waals surface area contributed by atoms with Gasteiger partial charge in [-0.1, -0.05) is 30.8 Å². The van der Waals surface area contributed by atoms with Gasteiger partial charge in [0.2, 0.25) is 0 Å². The van der Waals surface area contributed by atoms with Crippen LogP contribution in [0.2, 0.25) is 0 Å². The van der Waals surface area contributed by atoms with Crippen molar-refractivity contribution in [3.63, 3.8) is 0 Å². The topological polar surface area (TPSA) is 67.4 Å². The Kier molecular flexibility index (Phi) is 8.51. The monoisotopic (exact) mass is 428 g/mol. The number of piperidine rings is 1. The molecule has 1 aromatic heterocycles. The average Bonchev–Trinajstić information content (AvgIpc) is 2.78. The molecule has 1 atom stereocenters. The number of ether oxygens (including phenoxy) is 1. The number of hydrogen-bond acceptors (Lipinski definition) is 6. The zero-order chi connectivity index (χ0) is 21.3. The minimum Gasteiger partial charge on any atom is -0.383 e. The molecule has 1 fully saturated rings. The molecule has 0 radical (unpaired) electrons. The standard InChI is InChI=1S/C23H32N4O2S/c1-4-20-15-21(27-13-6-5-7-17(27)2)26-23(25-20)30-16-18-8-10-19(11-9-18)22(28)24-12-14-29-3/h8-11,15,17H,4-7,12-14,16H2,1-3H3,(H,24,28). The molecule has 1 aliphatic rings. The number of aryl methyl sites for hydroxylation is 1. The van der Waals surface area contributed by atoms with E-state index in [1.54, 1.807) is 18.9 Å². The Balaban J connectivity index is 1.63. The van der Waals surface area contributed by atoms with E-state index < -0.39 is 0 Å². The van der Waals surface area contributed by atoms with Crippen LogP contribution in [0.4, 0.5) is 5.82 Å². The van der Waals surface area contributed by atoms with Crippen LogP contribution in [-0.4, -0.2) is 48.7 Å². The summed E-state index contributed by atoms with van der Waals surface area (Å²) in [6.45, 7) is 6.51. The highest BCUT2D eigenvalue weighted by Crippen LogP contribution is 2.27. The highest BCUT2D eigenvalue weighted by Gasteiger charge is 2.21. The molecule has 1 saturated heterocycles. The maximum Gasteiger partial charge on any atom is 0.251 e. The summed E-state index contributed by atoms with van der Waals surface area (Å²) in [6, 6.07) is 10.4. The minimum absolute atomic E-state index is 0.0782. The largest absolute Gasteiger partial charge is 0.383 e. The van der Waals surface area contributed by atoms with Crippen LogP contribution in [0.3, 0.4) is 0 Å². The third kappa shape index (κ3) is 6.19. The fourth-order valence-corrected chi connectivity index (χ4v) is 4.39. The van der Waals surface area contributed by atoms with E-state index >= 15 is 0 Å². The van der Waals surface area contributed by atoms with Gasteiger partial charge in [-0.25, -0.2) is 9.97 Å². The first kappa shape index (κ1) is 22.6. The highest BCUT2D eigenvalue weighted by molar-refractivity contribution is 7.98. The van der Waals surface area contributed by atoms with Gasteiger partial charge in [-0.2, -0.15) is 0 Å². The maximum absolute atomic E-state index is 12.1. The Morgan fingerprint density at radius 1 is 1.27 bits per heavy atom. The van der Waals surface area contributed by atoms with Crippen LogP contribution in [0.5, 0.6) is 0 Å². The Labute approximate surface area is 183 Å². The van der Waals surface area contributed by atoms with Crippen LogP contribution in [-0.2, 0) is 16.9 Å². The normalized spacial score (nSPS) is 16.5. The zero-order valence-corrected chi connectivity index (χ0v) is 19.0. The van der Waals surface area contributed by atoms with E-state index in [1.165, 1.54) is 19.3 Å². The Hall–Kier alpha value is -2.12. The molecule has 30 heavy (non-hydrogen) atoms. The van der Waals surface area contributed by atoms with Crippen molar-refractivity contribution >= 4 is 23.5 Å². The summed E-state index contributed by atoms with van der Waals surface area (Å²) in [5, 5.41) is 3.66. The van der Waals surface area contributed by atoms with Crippen LogP contribution in [0.1, 0.15) is 54.7 Å². The summed E-state index contributed by atoms with van der Waals surface area (Å²) in [5.41, 5.74) is 2.89. The number of amides is 1. The van der Waals surface area contributed by atoms with Crippen molar-refractivity contribution in [1.82, 2.24) is 15.3 Å². The molecule has 0 saturated carbocycles. The van der Waals surface area contributed by atoms with E-state index in [4.69, 9.17) is 14.7 Å². The summed E-state index contributed by atoms with van der Waals surface area (Å²) in [4.78, 5) is 24.1. The van der Waals surface area contributed by atoms with Crippen LogP contribution in [0.15, 0.2) is 35.5 Å². The number of carbonyl (C=O) groups is 1. The number of methoxy groups -OCH3 is 1. The van der Waals surface area contributed by atoms with Crippen LogP contribution >= 0.6 is 11.8 Å². The van der Waals surface area contributed by atoms with Crippen molar-refractivity contribution in [2.75, 3.05) is 31.7 Å². The molecule has 1 unspecified atom stereocenters. The summed E-state index contributed by atoms with van der Waals surface area (Å²) >= 11 is 1.65. The summed E-state index contributed by atoms with van der Waals surface area (Å²) in [5.74, 6) is 1.75. The number of benzene rings is 1. The lowest BCUT2D eigenvalue weighted by atomic mass is 10.0. The van der Waals surface area contributed by atoms with Crippen molar-refractivity contribution in [2.45, 2.75) is 56.5 Å². The van der Waals surface area contributed by atoms with Crippen LogP contribution in [0, 0.1) is 0 Å². The summed E-state index contributed by atoms with van der Waals surface area (Å²) in [6.07, 6.45) is 4.65. The second kappa shape index (κ2) is 11.3. The summed E-state index contributed by atoms with van der Waals surface area (Å²) < 4.78 is 4.96. The van der Waals surface area contributed by atoms with Gasteiger partial charge in [0.1, 0.15) is 5.82 Å². The number of nitrogens with one attached hydrogen (secondary N) is 1. The lowest BCUT2D eigenvalue weighted by Crippen LogP contribution is -2.38. The number of hydrogen-bond donors (Lipinski definition) is 1. The van der Waals surface area contributed by atoms with Gasteiger partial charge >= 0.3 is 0 Å². The molecule has 2 aromatic rings. The lowest BCUT2D eigenvalue weighted by molar-refractivity contribution is 0.0937. The molecule has 6 nitrogen and oxygen atoms in total. The molecule has 162 valence electrons. The maximum atomic E-state index is 12.1. The first-order valence-electron chi connectivity index (χ1n) is 10.7. The van der Waals surface area contributed by atoms with E-state index in [0.717, 1.165) is 41.0 Å². The van der Waals surface area contributed by atoms with Crippen LogP contribution in [0.25, 0.3) is 0 Å². The molecular formula is C23H32N4O2S. The minimum atomic E-state index is -0.0782. The number of nitrogens with zero attached hydrogens (tertiary/aromatic N) is 3. The van der Waals surface area contributed by atoms with Gasteiger partial charge in [-0.3, -0.25) is 4.79 Å². The number of rotatable bonds is 9. The van der Waals surface area contributed by atoms with Gasteiger partial charge in [0.05, 0.1) is 6.61 Å². The van der Waals surface area contributed by atoms with E-state index in [-0.39, 0.29) is 5.91 Å². The molecule has 1 aromatic carbocycles. The van der Waals surface area contributed by atoms with Crippen molar-refractivity contribution in [3.8, 4) is 0 Å². The van der Waals surface area contributed by atoms with Crippen LogP contribution < -0.4 is 10.2 Å². The number of thioether (sulfide) groups is 1. The molecule has 0 bridgehead atoms. The molecule has 3 rings (SSSR count). The Morgan fingerprint density at radius 2 is 2.07 bits per heavy atom. The van der Waals surface area contributed by atoms with Crippen molar-refractivity contribution in [3.05, 3.63) is 47.2 Å². The van der Waals surface area contributed by atoms with Gasteiger partial charge in [0, 0.05) is 49.3 Å². The molecular weight excluding hydrogens is 396 g/mol. The predicted molar refractivity (Wildman–Crippen MR) is 122 cm³/mol. The van der Waals surface area contributed by atoms with E-state index in [9.17, 15) is 4.79 Å². The fraction of sp³-hybridized carbons (Fsp3) is 0.522. The van der Waals surface area contributed by atoms with Crippen molar-refractivity contribution < 1.29 is 9.53 Å².